The summed E-state index contributed by atoms with van der Waals surface area (Å²) in [6.45, 7) is 0.114. The van der Waals surface area contributed by atoms with Crippen molar-refractivity contribution in [3.63, 3.8) is 0 Å². The average Bonchev–Trinajstić information content (AvgIpc) is 3.09. The van der Waals surface area contributed by atoms with Crippen LogP contribution in [0.5, 0.6) is 11.5 Å². The van der Waals surface area contributed by atoms with Gasteiger partial charge in [-0.15, -0.1) is 0 Å². The van der Waals surface area contributed by atoms with Crippen molar-refractivity contribution in [3.05, 3.63) is 95.1 Å². The van der Waals surface area contributed by atoms with Crippen molar-refractivity contribution in [2.24, 2.45) is 0 Å². The molecule has 0 spiro atoms. The number of methoxy groups -OCH3 is 2. The number of aliphatic hydroxyl groups excluding tert-OH is 1. The molecule has 1 amide bonds. The van der Waals surface area contributed by atoms with E-state index in [2.05, 4.69) is 4.98 Å². The molecule has 1 aliphatic rings. The number of ether oxygens (including phenoxy) is 2. The SMILES string of the molecule is COc1cccc([C@@H]2C(=C(O)c3ccc(OC)c(F)c3)C(=O)C(=O)N2Cc2ccncc2)c1. The maximum absolute atomic E-state index is 14.3. The zero-order chi connectivity index (χ0) is 23.5. The molecule has 2 heterocycles. The van der Waals surface area contributed by atoms with Gasteiger partial charge in [0.15, 0.2) is 11.6 Å². The van der Waals surface area contributed by atoms with Gasteiger partial charge in [0.05, 0.1) is 25.8 Å². The summed E-state index contributed by atoms with van der Waals surface area (Å²) in [5, 5.41) is 11.1. The first-order valence-electron chi connectivity index (χ1n) is 10.1. The molecule has 7 nitrogen and oxygen atoms in total. The minimum Gasteiger partial charge on any atom is -0.507 e. The largest absolute Gasteiger partial charge is 0.507 e. The number of carbonyl (C=O) groups is 2. The predicted octanol–water partition coefficient (Wildman–Crippen LogP) is 3.86. The third-order valence-corrected chi connectivity index (χ3v) is 5.48. The summed E-state index contributed by atoms with van der Waals surface area (Å²) in [4.78, 5) is 31.5. The second-order valence-corrected chi connectivity index (χ2v) is 7.41. The molecule has 0 unspecified atom stereocenters. The fourth-order valence-electron chi connectivity index (χ4n) is 3.86. The maximum Gasteiger partial charge on any atom is 0.295 e. The summed E-state index contributed by atoms with van der Waals surface area (Å²) in [6.07, 6.45) is 3.18. The number of amides is 1. The molecule has 2 aromatic carbocycles. The van der Waals surface area contributed by atoms with Gasteiger partial charge in [0.2, 0.25) is 0 Å². The number of pyridine rings is 1. The van der Waals surface area contributed by atoms with E-state index in [1.807, 2.05) is 0 Å². The third-order valence-electron chi connectivity index (χ3n) is 5.48. The number of benzene rings is 2. The van der Waals surface area contributed by atoms with Gasteiger partial charge in [0.1, 0.15) is 11.5 Å². The van der Waals surface area contributed by atoms with Crippen LogP contribution in [-0.4, -0.2) is 40.9 Å². The van der Waals surface area contributed by atoms with Gasteiger partial charge in [-0.05, 0) is 53.6 Å². The van der Waals surface area contributed by atoms with Crippen LogP contribution in [0.4, 0.5) is 4.39 Å². The highest BCUT2D eigenvalue weighted by Gasteiger charge is 2.46. The van der Waals surface area contributed by atoms with Crippen molar-refractivity contribution in [2.75, 3.05) is 14.2 Å². The predicted molar refractivity (Wildman–Crippen MR) is 118 cm³/mol. The number of rotatable bonds is 6. The second-order valence-electron chi connectivity index (χ2n) is 7.41. The quantitative estimate of drug-likeness (QED) is 0.350. The second kappa shape index (κ2) is 9.12. The molecule has 1 saturated heterocycles. The molecule has 1 N–H and O–H groups in total. The highest BCUT2D eigenvalue weighted by molar-refractivity contribution is 6.46. The Kier molecular flexibility index (Phi) is 6.08. The van der Waals surface area contributed by atoms with Gasteiger partial charge in [-0.25, -0.2) is 4.39 Å². The standard InChI is InChI=1S/C25H21FN2O5/c1-32-18-5-3-4-16(12-18)22-21(23(29)17-6-7-20(33-2)19(26)13-17)24(30)25(31)28(22)14-15-8-10-27-11-9-15/h3-13,22,29H,14H2,1-2H3/t22-/m1/s1. The van der Waals surface area contributed by atoms with Crippen LogP contribution in [0, 0.1) is 5.82 Å². The number of likely N-dealkylation sites (tertiary alicyclic amines) is 1. The Balaban J connectivity index is 1.88. The summed E-state index contributed by atoms with van der Waals surface area (Å²) in [6, 6.07) is 13.3. The monoisotopic (exact) mass is 448 g/mol. The Hall–Kier alpha value is -4.20. The molecule has 0 aliphatic carbocycles. The third kappa shape index (κ3) is 4.15. The molecule has 1 atom stereocenters. The highest BCUT2D eigenvalue weighted by Crippen LogP contribution is 2.41. The summed E-state index contributed by atoms with van der Waals surface area (Å²) in [5.74, 6) is -2.28. The van der Waals surface area contributed by atoms with E-state index in [-0.39, 0.29) is 23.4 Å². The number of hydrogen-bond acceptors (Lipinski definition) is 6. The molecule has 168 valence electrons. The van der Waals surface area contributed by atoms with Crippen LogP contribution in [0.2, 0.25) is 0 Å². The van der Waals surface area contributed by atoms with Crippen LogP contribution >= 0.6 is 0 Å². The van der Waals surface area contributed by atoms with Crippen LogP contribution in [0.15, 0.2) is 72.6 Å². The minimum absolute atomic E-state index is 0.00552. The van der Waals surface area contributed by atoms with Crippen LogP contribution in [0.1, 0.15) is 22.7 Å². The van der Waals surface area contributed by atoms with Crippen molar-refractivity contribution < 1.29 is 28.6 Å². The molecule has 0 saturated carbocycles. The number of halogens is 1. The lowest BCUT2D eigenvalue weighted by Crippen LogP contribution is -2.29. The molecule has 0 radical (unpaired) electrons. The fraction of sp³-hybridized carbons (Fsp3) is 0.160. The number of Topliss-reactive ketones (excluding diaryl/α,β-unsaturated/α-hetero) is 1. The normalized spacial score (nSPS) is 17.3. The van der Waals surface area contributed by atoms with E-state index >= 15 is 0 Å². The van der Waals surface area contributed by atoms with Gasteiger partial charge in [0.25, 0.3) is 11.7 Å². The number of aliphatic hydroxyl groups is 1. The first kappa shape index (κ1) is 22.0. The lowest BCUT2D eigenvalue weighted by molar-refractivity contribution is -0.140. The molecule has 3 aromatic rings. The zero-order valence-electron chi connectivity index (χ0n) is 18.0. The fourth-order valence-corrected chi connectivity index (χ4v) is 3.86. The Morgan fingerprint density at radius 2 is 1.82 bits per heavy atom. The van der Waals surface area contributed by atoms with Crippen molar-refractivity contribution >= 4 is 17.4 Å². The summed E-state index contributed by atoms with van der Waals surface area (Å²) in [5.41, 5.74) is 1.25. The van der Waals surface area contributed by atoms with E-state index in [0.717, 1.165) is 11.6 Å². The van der Waals surface area contributed by atoms with E-state index in [0.29, 0.717) is 11.3 Å². The van der Waals surface area contributed by atoms with Crippen LogP contribution in [-0.2, 0) is 16.1 Å². The minimum atomic E-state index is -0.904. The molecule has 8 heteroatoms. The number of carbonyl (C=O) groups excluding carboxylic acids is 2. The van der Waals surface area contributed by atoms with E-state index in [9.17, 15) is 19.1 Å². The first-order chi connectivity index (χ1) is 15.9. The molecule has 1 aliphatic heterocycles. The van der Waals surface area contributed by atoms with Gasteiger partial charge < -0.3 is 19.5 Å². The molecule has 1 fully saturated rings. The number of ketones is 1. The molecule has 4 rings (SSSR count). The Morgan fingerprint density at radius 1 is 1.06 bits per heavy atom. The Labute approximate surface area is 189 Å². The van der Waals surface area contributed by atoms with Gasteiger partial charge >= 0.3 is 0 Å². The summed E-state index contributed by atoms with van der Waals surface area (Å²) >= 11 is 0. The van der Waals surface area contributed by atoms with Gasteiger partial charge in [0, 0.05) is 24.5 Å². The zero-order valence-corrected chi connectivity index (χ0v) is 18.0. The van der Waals surface area contributed by atoms with Gasteiger partial charge in [-0.1, -0.05) is 12.1 Å². The first-order valence-corrected chi connectivity index (χ1v) is 10.1. The lowest BCUT2D eigenvalue weighted by atomic mass is 9.95. The average molecular weight is 448 g/mol. The van der Waals surface area contributed by atoms with E-state index in [1.165, 1.54) is 31.3 Å². The van der Waals surface area contributed by atoms with E-state index < -0.39 is 29.3 Å². The number of aromatic nitrogens is 1. The van der Waals surface area contributed by atoms with Gasteiger partial charge in [-0.2, -0.15) is 0 Å². The lowest BCUT2D eigenvalue weighted by Gasteiger charge is -2.25. The topological polar surface area (TPSA) is 89.0 Å². The van der Waals surface area contributed by atoms with Crippen molar-refractivity contribution in [1.82, 2.24) is 9.88 Å². The summed E-state index contributed by atoms with van der Waals surface area (Å²) in [7, 11) is 2.83. The molecule has 1 aromatic heterocycles. The number of nitrogens with zero attached hydrogens (tertiary/aromatic N) is 2. The van der Waals surface area contributed by atoms with Crippen LogP contribution in [0.25, 0.3) is 5.76 Å². The molecule has 33 heavy (non-hydrogen) atoms. The Morgan fingerprint density at radius 3 is 2.48 bits per heavy atom. The van der Waals surface area contributed by atoms with Gasteiger partial charge in [-0.3, -0.25) is 14.6 Å². The maximum atomic E-state index is 14.3. The van der Waals surface area contributed by atoms with Crippen LogP contribution in [0.3, 0.4) is 0 Å². The van der Waals surface area contributed by atoms with Crippen LogP contribution < -0.4 is 9.47 Å². The van der Waals surface area contributed by atoms with Crippen molar-refractivity contribution in [3.8, 4) is 11.5 Å². The smallest absolute Gasteiger partial charge is 0.295 e. The molecular formula is C25H21FN2O5. The highest BCUT2D eigenvalue weighted by atomic mass is 19.1. The Bertz CT molecular complexity index is 1240. The van der Waals surface area contributed by atoms with E-state index in [1.54, 1.807) is 48.8 Å². The molecular weight excluding hydrogens is 427 g/mol. The van der Waals surface area contributed by atoms with Crippen molar-refractivity contribution in [2.45, 2.75) is 12.6 Å². The number of hydrogen-bond donors (Lipinski definition) is 1. The molecule has 0 bridgehead atoms. The summed E-state index contributed by atoms with van der Waals surface area (Å²) < 4.78 is 24.5. The van der Waals surface area contributed by atoms with Crippen molar-refractivity contribution in [1.29, 1.82) is 0 Å². The van der Waals surface area contributed by atoms with E-state index in [4.69, 9.17) is 9.47 Å².